The van der Waals surface area contributed by atoms with Gasteiger partial charge in [0, 0.05) is 6.54 Å². The predicted octanol–water partition coefficient (Wildman–Crippen LogP) is 3.30. The third-order valence-electron chi connectivity index (χ3n) is 3.11. The van der Waals surface area contributed by atoms with Gasteiger partial charge in [0.15, 0.2) is 0 Å². The van der Waals surface area contributed by atoms with Gasteiger partial charge in [-0.25, -0.2) is 0 Å². The first-order valence-corrected chi connectivity index (χ1v) is 7.27. The average Bonchev–Trinajstić information content (AvgIpc) is 3.15. The van der Waals surface area contributed by atoms with Crippen LogP contribution in [0, 0.1) is 5.92 Å². The van der Waals surface area contributed by atoms with Crippen LogP contribution in [0.4, 0.5) is 0 Å². The summed E-state index contributed by atoms with van der Waals surface area (Å²) in [5, 5.41) is 0. The van der Waals surface area contributed by atoms with Gasteiger partial charge in [0.2, 0.25) is 0 Å². The molecule has 1 aromatic carbocycles. The summed E-state index contributed by atoms with van der Waals surface area (Å²) in [6, 6.07) is 9.89. The Morgan fingerprint density at radius 1 is 1.33 bits per heavy atom. The first-order valence-electron chi connectivity index (χ1n) is 6.04. The smallest absolute Gasteiger partial charge is 0.266 e. The largest absolute Gasteiger partial charge is 0.293 e. The van der Waals surface area contributed by atoms with Crippen molar-refractivity contribution >= 4 is 40.3 Å². The zero-order chi connectivity index (χ0) is 12.5. The molecule has 2 nitrogen and oxygen atoms in total. The van der Waals surface area contributed by atoms with Crippen LogP contribution in [0.3, 0.4) is 0 Å². The van der Waals surface area contributed by atoms with Gasteiger partial charge in [0.1, 0.15) is 4.32 Å². The standard InChI is InChI=1S/C14H13NOS2/c16-13-12(8-10-4-2-1-3-5-10)18-14(17)15(13)9-11-6-7-11/h1-5,8,11H,6-7,9H2/b12-8-. The van der Waals surface area contributed by atoms with Crippen molar-refractivity contribution < 1.29 is 4.79 Å². The number of carbonyl (C=O) groups excluding carboxylic acids is 1. The van der Waals surface area contributed by atoms with Crippen LogP contribution in [0.25, 0.3) is 6.08 Å². The molecule has 0 unspecified atom stereocenters. The third kappa shape index (κ3) is 2.49. The Bertz CT molecular complexity index is 520. The van der Waals surface area contributed by atoms with Crippen LogP contribution in [0.1, 0.15) is 18.4 Å². The molecular formula is C14H13NOS2. The second kappa shape index (κ2) is 4.86. The van der Waals surface area contributed by atoms with Gasteiger partial charge in [-0.1, -0.05) is 54.3 Å². The van der Waals surface area contributed by atoms with Gasteiger partial charge < -0.3 is 0 Å². The van der Waals surface area contributed by atoms with E-state index in [1.54, 1.807) is 4.90 Å². The predicted molar refractivity (Wildman–Crippen MR) is 79.0 cm³/mol. The fourth-order valence-electron chi connectivity index (χ4n) is 1.92. The van der Waals surface area contributed by atoms with Crippen molar-refractivity contribution in [1.29, 1.82) is 0 Å². The molecule has 1 aliphatic carbocycles. The highest BCUT2D eigenvalue weighted by molar-refractivity contribution is 8.26. The summed E-state index contributed by atoms with van der Waals surface area (Å²) in [7, 11) is 0. The SMILES string of the molecule is O=C1/C(=C/c2ccccc2)SC(=S)N1CC1CC1. The Morgan fingerprint density at radius 3 is 2.72 bits per heavy atom. The van der Waals surface area contributed by atoms with E-state index >= 15 is 0 Å². The maximum Gasteiger partial charge on any atom is 0.266 e. The zero-order valence-electron chi connectivity index (χ0n) is 9.83. The molecule has 1 amide bonds. The summed E-state index contributed by atoms with van der Waals surface area (Å²) in [4.78, 5) is 14.7. The van der Waals surface area contributed by atoms with E-state index in [1.807, 2.05) is 36.4 Å². The van der Waals surface area contributed by atoms with Crippen LogP contribution in [0.15, 0.2) is 35.2 Å². The molecule has 2 fully saturated rings. The molecule has 1 saturated heterocycles. The fourth-order valence-corrected chi connectivity index (χ4v) is 3.19. The summed E-state index contributed by atoms with van der Waals surface area (Å²) < 4.78 is 0.703. The number of amides is 1. The van der Waals surface area contributed by atoms with Crippen molar-refractivity contribution in [1.82, 2.24) is 4.90 Å². The van der Waals surface area contributed by atoms with Crippen LogP contribution < -0.4 is 0 Å². The molecule has 1 heterocycles. The molecule has 0 atom stereocenters. The lowest BCUT2D eigenvalue weighted by Crippen LogP contribution is -2.30. The highest BCUT2D eigenvalue weighted by Gasteiger charge is 2.36. The number of thiocarbonyl (C=S) groups is 1. The molecule has 0 aromatic heterocycles. The van der Waals surface area contributed by atoms with Gasteiger partial charge in [-0.05, 0) is 30.4 Å². The van der Waals surface area contributed by atoms with Crippen molar-refractivity contribution in [3.8, 4) is 0 Å². The summed E-state index contributed by atoms with van der Waals surface area (Å²) in [5.74, 6) is 0.740. The topological polar surface area (TPSA) is 20.3 Å². The molecule has 1 aliphatic heterocycles. The van der Waals surface area contributed by atoms with Crippen molar-refractivity contribution in [2.24, 2.45) is 5.92 Å². The van der Waals surface area contributed by atoms with Gasteiger partial charge >= 0.3 is 0 Å². The normalized spacial score (nSPS) is 22.0. The summed E-state index contributed by atoms with van der Waals surface area (Å²) in [6.07, 6.45) is 4.38. The Kier molecular flexibility index (Phi) is 3.22. The minimum absolute atomic E-state index is 0.0701. The van der Waals surface area contributed by atoms with E-state index in [-0.39, 0.29) is 5.91 Å². The maximum absolute atomic E-state index is 12.2. The number of hydrogen-bond acceptors (Lipinski definition) is 3. The molecule has 0 bridgehead atoms. The molecular weight excluding hydrogens is 262 g/mol. The van der Waals surface area contributed by atoms with Gasteiger partial charge in [-0.2, -0.15) is 0 Å². The molecule has 1 aromatic rings. The van der Waals surface area contributed by atoms with Crippen LogP contribution in [0.2, 0.25) is 0 Å². The Balaban J connectivity index is 1.80. The second-order valence-corrected chi connectivity index (χ2v) is 6.32. The third-order valence-corrected chi connectivity index (χ3v) is 4.49. The highest BCUT2D eigenvalue weighted by atomic mass is 32.2. The number of nitrogens with zero attached hydrogens (tertiary/aromatic N) is 1. The van der Waals surface area contributed by atoms with Gasteiger partial charge in [-0.15, -0.1) is 0 Å². The Labute approximate surface area is 116 Å². The lowest BCUT2D eigenvalue weighted by Gasteiger charge is -2.12. The summed E-state index contributed by atoms with van der Waals surface area (Å²) in [6.45, 7) is 0.802. The Hall–Kier alpha value is -1.13. The molecule has 92 valence electrons. The number of thioether (sulfide) groups is 1. The van der Waals surface area contributed by atoms with E-state index in [4.69, 9.17) is 12.2 Å². The molecule has 0 N–H and O–H groups in total. The lowest BCUT2D eigenvalue weighted by atomic mass is 10.2. The monoisotopic (exact) mass is 275 g/mol. The number of carbonyl (C=O) groups is 1. The van der Waals surface area contributed by atoms with Crippen molar-refractivity contribution in [3.63, 3.8) is 0 Å². The summed E-state index contributed by atoms with van der Waals surface area (Å²) in [5.41, 5.74) is 1.05. The molecule has 1 saturated carbocycles. The van der Waals surface area contributed by atoms with E-state index < -0.39 is 0 Å². The second-order valence-electron chi connectivity index (χ2n) is 4.65. The van der Waals surface area contributed by atoms with E-state index in [0.29, 0.717) is 10.2 Å². The van der Waals surface area contributed by atoms with E-state index in [0.717, 1.165) is 17.0 Å². The van der Waals surface area contributed by atoms with Crippen LogP contribution in [0.5, 0.6) is 0 Å². The lowest BCUT2D eigenvalue weighted by molar-refractivity contribution is -0.122. The van der Waals surface area contributed by atoms with Crippen LogP contribution in [-0.2, 0) is 4.79 Å². The molecule has 2 aliphatic rings. The van der Waals surface area contributed by atoms with Gasteiger partial charge in [-0.3, -0.25) is 9.69 Å². The molecule has 0 radical (unpaired) electrons. The molecule has 3 rings (SSSR count). The van der Waals surface area contributed by atoms with E-state index in [1.165, 1.54) is 24.6 Å². The van der Waals surface area contributed by atoms with Gasteiger partial charge in [0.05, 0.1) is 4.91 Å². The first-order chi connectivity index (χ1) is 8.74. The number of benzene rings is 1. The maximum atomic E-state index is 12.2. The quantitative estimate of drug-likeness (QED) is 0.623. The molecule has 4 heteroatoms. The Morgan fingerprint density at radius 2 is 2.06 bits per heavy atom. The van der Waals surface area contributed by atoms with E-state index in [9.17, 15) is 4.79 Å². The van der Waals surface area contributed by atoms with Crippen molar-refractivity contribution in [2.45, 2.75) is 12.8 Å². The summed E-state index contributed by atoms with van der Waals surface area (Å²) >= 11 is 6.70. The highest BCUT2D eigenvalue weighted by Crippen LogP contribution is 2.37. The fraction of sp³-hybridized carbons (Fsp3) is 0.286. The number of rotatable bonds is 3. The van der Waals surface area contributed by atoms with E-state index in [2.05, 4.69) is 0 Å². The zero-order valence-corrected chi connectivity index (χ0v) is 11.5. The van der Waals surface area contributed by atoms with Gasteiger partial charge in [0.25, 0.3) is 5.91 Å². The minimum Gasteiger partial charge on any atom is -0.293 e. The van der Waals surface area contributed by atoms with Crippen molar-refractivity contribution in [3.05, 3.63) is 40.8 Å². The van der Waals surface area contributed by atoms with Crippen LogP contribution in [-0.4, -0.2) is 21.7 Å². The average molecular weight is 275 g/mol. The molecule has 18 heavy (non-hydrogen) atoms. The first kappa shape index (κ1) is 11.9. The van der Waals surface area contributed by atoms with Crippen molar-refractivity contribution in [2.75, 3.05) is 6.54 Å². The molecule has 0 spiro atoms. The number of hydrogen-bond donors (Lipinski definition) is 0. The minimum atomic E-state index is 0.0701. The van der Waals surface area contributed by atoms with Crippen LogP contribution >= 0.6 is 24.0 Å².